The van der Waals surface area contributed by atoms with Crippen LogP contribution in [0.25, 0.3) is 0 Å². The van der Waals surface area contributed by atoms with Gasteiger partial charge >= 0.3 is 5.97 Å². The Labute approximate surface area is 101 Å². The fraction of sp³-hybridized carbons (Fsp3) is 0.111. The van der Waals surface area contributed by atoms with Crippen molar-refractivity contribution in [3.63, 3.8) is 0 Å². The number of nitrogens with zero attached hydrogens (tertiary/aromatic N) is 1. The van der Waals surface area contributed by atoms with Gasteiger partial charge in [0.15, 0.2) is 5.75 Å². The molecule has 0 fully saturated rings. The van der Waals surface area contributed by atoms with Crippen LogP contribution in [0.5, 0.6) is 5.75 Å². The Morgan fingerprint density at radius 1 is 1.47 bits per heavy atom. The molecule has 0 aromatic heterocycles. The lowest BCUT2D eigenvalue weighted by Gasteiger charge is -2.07. The molecule has 0 aliphatic rings. The van der Waals surface area contributed by atoms with Gasteiger partial charge in [0.05, 0.1) is 10.0 Å². The predicted molar refractivity (Wildman–Crippen MR) is 59.2 cm³/mol. The van der Waals surface area contributed by atoms with Crippen molar-refractivity contribution in [2.75, 3.05) is 0 Å². The molecule has 0 aliphatic carbocycles. The number of esters is 1. The van der Waals surface area contributed by atoms with Gasteiger partial charge in [-0.05, 0) is 23.9 Å². The lowest BCUT2D eigenvalue weighted by atomic mass is 10.3. The number of carbonyl (C=O) groups is 1. The lowest BCUT2D eigenvalue weighted by molar-refractivity contribution is -0.131. The van der Waals surface area contributed by atoms with Gasteiger partial charge in [0.2, 0.25) is 0 Å². The first-order valence-electron chi connectivity index (χ1n) is 3.78. The predicted octanol–water partition coefficient (Wildman–Crippen LogP) is 3.49. The van der Waals surface area contributed by atoms with E-state index < -0.39 is 5.97 Å². The molecule has 0 spiro atoms. The molecule has 0 radical (unpaired) electrons. The second-order valence-electron chi connectivity index (χ2n) is 2.50. The standard InChI is InChI=1S/C9H5Cl2NO2S/c1-5(13)14-9-7(10)2-6(15-4-12)3-8(9)11/h2-3H,1H3. The van der Waals surface area contributed by atoms with Crippen LogP contribution in [0.15, 0.2) is 17.0 Å². The molecule has 3 nitrogen and oxygen atoms in total. The monoisotopic (exact) mass is 261 g/mol. The van der Waals surface area contributed by atoms with Crippen molar-refractivity contribution >= 4 is 40.9 Å². The zero-order valence-corrected chi connectivity index (χ0v) is 9.91. The highest BCUT2D eigenvalue weighted by atomic mass is 35.5. The van der Waals surface area contributed by atoms with Crippen molar-refractivity contribution in [3.8, 4) is 11.2 Å². The molecule has 15 heavy (non-hydrogen) atoms. The maximum Gasteiger partial charge on any atom is 0.308 e. The zero-order chi connectivity index (χ0) is 11.4. The molecule has 0 atom stereocenters. The minimum absolute atomic E-state index is 0.119. The van der Waals surface area contributed by atoms with E-state index in [0.29, 0.717) is 4.90 Å². The first-order valence-corrected chi connectivity index (χ1v) is 5.35. The highest BCUT2D eigenvalue weighted by Gasteiger charge is 2.11. The molecule has 6 heteroatoms. The number of hydrogen-bond donors (Lipinski definition) is 0. The van der Waals surface area contributed by atoms with E-state index in [2.05, 4.69) is 0 Å². The van der Waals surface area contributed by atoms with E-state index in [4.69, 9.17) is 33.2 Å². The summed E-state index contributed by atoms with van der Waals surface area (Å²) < 4.78 is 4.81. The SMILES string of the molecule is CC(=O)Oc1c(Cl)cc(SC#N)cc1Cl. The number of thiocyanates is 1. The molecule has 0 bridgehead atoms. The first-order chi connectivity index (χ1) is 7.04. The van der Waals surface area contributed by atoms with Crippen LogP contribution >= 0.6 is 35.0 Å². The number of halogens is 2. The number of carbonyl (C=O) groups excluding carboxylic acids is 1. The van der Waals surface area contributed by atoms with Crippen molar-refractivity contribution < 1.29 is 9.53 Å². The summed E-state index contributed by atoms with van der Waals surface area (Å²) in [7, 11) is 0. The molecule has 0 saturated heterocycles. The van der Waals surface area contributed by atoms with Crippen LogP contribution in [-0.2, 0) is 4.79 Å². The summed E-state index contributed by atoms with van der Waals surface area (Å²) >= 11 is 12.6. The van der Waals surface area contributed by atoms with Gasteiger partial charge in [0, 0.05) is 11.8 Å². The van der Waals surface area contributed by atoms with Crippen LogP contribution in [0.3, 0.4) is 0 Å². The average Bonchev–Trinajstić information content (AvgIpc) is 2.11. The van der Waals surface area contributed by atoms with E-state index in [1.807, 2.05) is 5.40 Å². The van der Waals surface area contributed by atoms with E-state index in [-0.39, 0.29) is 15.8 Å². The number of thioether (sulfide) groups is 1. The Hall–Kier alpha value is -0.890. The molecule has 1 rings (SSSR count). The Kier molecular flexibility index (Phi) is 4.28. The van der Waals surface area contributed by atoms with E-state index in [9.17, 15) is 4.79 Å². The Morgan fingerprint density at radius 3 is 2.40 bits per heavy atom. The van der Waals surface area contributed by atoms with E-state index >= 15 is 0 Å². The van der Waals surface area contributed by atoms with Crippen LogP contribution in [0.2, 0.25) is 10.0 Å². The van der Waals surface area contributed by atoms with E-state index in [1.54, 1.807) is 0 Å². The van der Waals surface area contributed by atoms with Crippen molar-refractivity contribution in [2.45, 2.75) is 11.8 Å². The normalized spacial score (nSPS) is 9.47. The summed E-state index contributed by atoms with van der Waals surface area (Å²) in [5.74, 6) is -0.382. The number of rotatable bonds is 2. The Balaban J connectivity index is 3.10. The molecule has 0 amide bonds. The van der Waals surface area contributed by atoms with Gasteiger partial charge < -0.3 is 4.74 Å². The highest BCUT2D eigenvalue weighted by Crippen LogP contribution is 2.37. The molecule has 1 aromatic carbocycles. The molecule has 1 aromatic rings. The second-order valence-corrected chi connectivity index (χ2v) is 4.18. The summed E-state index contributed by atoms with van der Waals surface area (Å²) in [6, 6.07) is 3.03. The van der Waals surface area contributed by atoms with Crippen molar-refractivity contribution in [1.82, 2.24) is 0 Å². The van der Waals surface area contributed by atoms with Crippen molar-refractivity contribution in [3.05, 3.63) is 22.2 Å². The highest BCUT2D eigenvalue weighted by molar-refractivity contribution is 8.03. The molecule has 0 unspecified atom stereocenters. The maximum atomic E-state index is 10.7. The minimum Gasteiger partial charge on any atom is -0.424 e. The quantitative estimate of drug-likeness (QED) is 0.354. The van der Waals surface area contributed by atoms with Crippen LogP contribution < -0.4 is 4.74 Å². The third-order valence-electron chi connectivity index (χ3n) is 1.38. The van der Waals surface area contributed by atoms with Gasteiger partial charge in [-0.1, -0.05) is 23.2 Å². The van der Waals surface area contributed by atoms with Gasteiger partial charge in [-0.3, -0.25) is 4.79 Å². The van der Waals surface area contributed by atoms with Crippen molar-refractivity contribution in [2.24, 2.45) is 0 Å². The first kappa shape index (κ1) is 12.2. The molecule has 0 saturated carbocycles. The van der Waals surface area contributed by atoms with Crippen molar-refractivity contribution in [1.29, 1.82) is 5.26 Å². The smallest absolute Gasteiger partial charge is 0.308 e. The van der Waals surface area contributed by atoms with Crippen LogP contribution in [-0.4, -0.2) is 5.97 Å². The summed E-state index contributed by atoms with van der Waals surface area (Å²) in [5.41, 5.74) is 0. The van der Waals surface area contributed by atoms with Crippen LogP contribution in [0, 0.1) is 10.7 Å². The second kappa shape index (κ2) is 5.26. The topological polar surface area (TPSA) is 50.1 Å². The third-order valence-corrected chi connectivity index (χ3v) is 2.51. The lowest BCUT2D eigenvalue weighted by Crippen LogP contribution is -2.02. The fourth-order valence-electron chi connectivity index (χ4n) is 0.889. The summed E-state index contributed by atoms with van der Waals surface area (Å²) in [6.45, 7) is 1.25. The van der Waals surface area contributed by atoms with Gasteiger partial charge in [-0.15, -0.1) is 0 Å². The minimum atomic E-state index is -0.500. The maximum absolute atomic E-state index is 10.7. The molecule has 78 valence electrons. The summed E-state index contributed by atoms with van der Waals surface area (Å²) in [6.07, 6.45) is 0. The number of hydrogen-bond acceptors (Lipinski definition) is 4. The molecular formula is C9H5Cl2NO2S. The molecule has 0 aliphatic heterocycles. The number of benzene rings is 1. The molecule has 0 heterocycles. The third kappa shape index (κ3) is 3.31. The van der Waals surface area contributed by atoms with E-state index in [0.717, 1.165) is 11.8 Å². The number of nitriles is 1. The molecule has 0 N–H and O–H groups in total. The van der Waals surface area contributed by atoms with Gasteiger partial charge in [-0.2, -0.15) is 5.26 Å². The Morgan fingerprint density at radius 2 is 2.00 bits per heavy atom. The molecular weight excluding hydrogens is 257 g/mol. The fourth-order valence-corrected chi connectivity index (χ4v) is 2.04. The van der Waals surface area contributed by atoms with Gasteiger partial charge in [-0.25, -0.2) is 0 Å². The average molecular weight is 262 g/mol. The summed E-state index contributed by atoms with van der Waals surface area (Å²) in [4.78, 5) is 11.3. The van der Waals surface area contributed by atoms with Crippen LogP contribution in [0.4, 0.5) is 0 Å². The number of ether oxygens (including phenoxy) is 1. The van der Waals surface area contributed by atoms with Gasteiger partial charge in [0.25, 0.3) is 0 Å². The van der Waals surface area contributed by atoms with Gasteiger partial charge in [0.1, 0.15) is 5.40 Å². The summed E-state index contributed by atoms with van der Waals surface area (Å²) in [5, 5.41) is 10.8. The largest absolute Gasteiger partial charge is 0.424 e. The zero-order valence-electron chi connectivity index (χ0n) is 7.58. The Bertz CT molecular complexity index is 419. The van der Waals surface area contributed by atoms with Crippen LogP contribution in [0.1, 0.15) is 6.92 Å². The van der Waals surface area contributed by atoms with E-state index in [1.165, 1.54) is 19.1 Å².